The molecule has 0 saturated carbocycles. The van der Waals surface area contributed by atoms with Crippen LogP contribution < -0.4 is 10.6 Å². The summed E-state index contributed by atoms with van der Waals surface area (Å²) in [5.41, 5.74) is 3.01. The van der Waals surface area contributed by atoms with Gasteiger partial charge in [0.2, 0.25) is 0 Å². The van der Waals surface area contributed by atoms with Crippen molar-refractivity contribution >= 4 is 0 Å². The summed E-state index contributed by atoms with van der Waals surface area (Å²) >= 11 is 0. The molecular weight excluding hydrogens is 184 g/mol. The molecule has 0 aliphatic carbocycles. The summed E-state index contributed by atoms with van der Waals surface area (Å²) in [6, 6.07) is 9.29. The Hall–Kier alpha value is -0.860. The van der Waals surface area contributed by atoms with Gasteiger partial charge in [-0.3, -0.25) is 0 Å². The van der Waals surface area contributed by atoms with Crippen LogP contribution in [0.4, 0.5) is 0 Å². The van der Waals surface area contributed by atoms with Gasteiger partial charge in [-0.05, 0) is 30.0 Å². The SMILES string of the molecule is c1cc(C2CNC2)ccc1C1CCNC1. The second-order valence-electron chi connectivity index (χ2n) is 4.71. The van der Waals surface area contributed by atoms with E-state index in [9.17, 15) is 0 Å². The molecule has 2 heterocycles. The van der Waals surface area contributed by atoms with E-state index in [4.69, 9.17) is 0 Å². The molecule has 2 aliphatic heterocycles. The van der Waals surface area contributed by atoms with E-state index in [1.165, 1.54) is 24.1 Å². The first kappa shape index (κ1) is 9.37. The molecule has 2 N–H and O–H groups in total. The minimum atomic E-state index is 0.749. The average Bonchev–Trinajstić information content (AvgIpc) is 2.69. The third-order valence-electron chi connectivity index (χ3n) is 3.72. The molecule has 1 atom stereocenters. The molecule has 0 aromatic heterocycles. The highest BCUT2D eigenvalue weighted by Crippen LogP contribution is 2.25. The molecule has 1 unspecified atom stereocenters. The first-order valence-corrected chi connectivity index (χ1v) is 5.95. The Morgan fingerprint density at radius 3 is 1.87 bits per heavy atom. The summed E-state index contributed by atoms with van der Waals surface area (Å²) in [6.07, 6.45) is 1.30. The highest BCUT2D eigenvalue weighted by Gasteiger charge is 2.20. The van der Waals surface area contributed by atoms with Crippen LogP contribution in [0.25, 0.3) is 0 Å². The van der Waals surface area contributed by atoms with Gasteiger partial charge >= 0.3 is 0 Å². The highest BCUT2D eigenvalue weighted by atomic mass is 14.9. The van der Waals surface area contributed by atoms with Crippen LogP contribution in [0.1, 0.15) is 29.4 Å². The van der Waals surface area contributed by atoms with Crippen LogP contribution in [-0.2, 0) is 0 Å². The summed E-state index contributed by atoms with van der Waals surface area (Å²) < 4.78 is 0. The van der Waals surface area contributed by atoms with Crippen LogP contribution >= 0.6 is 0 Å². The lowest BCUT2D eigenvalue weighted by Crippen LogP contribution is -2.39. The zero-order valence-corrected chi connectivity index (χ0v) is 9.00. The second kappa shape index (κ2) is 3.95. The number of hydrogen-bond acceptors (Lipinski definition) is 2. The van der Waals surface area contributed by atoms with Crippen molar-refractivity contribution in [1.82, 2.24) is 10.6 Å². The van der Waals surface area contributed by atoms with Gasteiger partial charge in [0, 0.05) is 25.6 Å². The maximum absolute atomic E-state index is 3.42. The van der Waals surface area contributed by atoms with Crippen molar-refractivity contribution in [3.8, 4) is 0 Å². The van der Waals surface area contributed by atoms with E-state index >= 15 is 0 Å². The lowest BCUT2D eigenvalue weighted by Gasteiger charge is -2.27. The molecule has 0 bridgehead atoms. The second-order valence-corrected chi connectivity index (χ2v) is 4.71. The number of rotatable bonds is 2. The van der Waals surface area contributed by atoms with Gasteiger partial charge in [0.25, 0.3) is 0 Å². The van der Waals surface area contributed by atoms with Crippen molar-refractivity contribution in [2.75, 3.05) is 26.2 Å². The van der Waals surface area contributed by atoms with Crippen molar-refractivity contribution in [2.45, 2.75) is 18.3 Å². The predicted molar refractivity (Wildman–Crippen MR) is 62.3 cm³/mol. The molecule has 2 aliphatic rings. The summed E-state index contributed by atoms with van der Waals surface area (Å²) in [7, 11) is 0. The fourth-order valence-corrected chi connectivity index (χ4v) is 2.50. The minimum absolute atomic E-state index is 0.749. The van der Waals surface area contributed by atoms with Crippen LogP contribution in [0.3, 0.4) is 0 Å². The molecule has 1 aromatic carbocycles. The van der Waals surface area contributed by atoms with E-state index in [0.717, 1.165) is 31.5 Å². The fourth-order valence-electron chi connectivity index (χ4n) is 2.50. The number of benzene rings is 1. The van der Waals surface area contributed by atoms with Gasteiger partial charge in [-0.25, -0.2) is 0 Å². The van der Waals surface area contributed by atoms with Crippen LogP contribution in [-0.4, -0.2) is 26.2 Å². The van der Waals surface area contributed by atoms with Crippen molar-refractivity contribution in [1.29, 1.82) is 0 Å². The monoisotopic (exact) mass is 202 g/mol. The average molecular weight is 202 g/mol. The Balaban J connectivity index is 1.74. The van der Waals surface area contributed by atoms with E-state index in [-0.39, 0.29) is 0 Å². The zero-order chi connectivity index (χ0) is 10.1. The molecule has 3 rings (SSSR count). The molecule has 2 heteroatoms. The lowest BCUT2D eigenvalue weighted by molar-refractivity contribution is 0.448. The standard InChI is InChI=1S/C13H18N2/c1-3-11(13-8-15-9-13)4-2-10(1)12-5-6-14-7-12/h1-4,12-15H,5-9H2. The number of nitrogens with one attached hydrogen (secondary N) is 2. The molecule has 2 fully saturated rings. The third kappa shape index (κ3) is 1.80. The Morgan fingerprint density at radius 1 is 0.800 bits per heavy atom. The van der Waals surface area contributed by atoms with Gasteiger partial charge in [0.05, 0.1) is 0 Å². The van der Waals surface area contributed by atoms with Crippen LogP contribution in [0.2, 0.25) is 0 Å². The van der Waals surface area contributed by atoms with Gasteiger partial charge in [-0.1, -0.05) is 24.3 Å². The molecule has 15 heavy (non-hydrogen) atoms. The maximum Gasteiger partial charge on any atom is 0.00885 e. The Kier molecular flexibility index (Phi) is 2.47. The summed E-state index contributed by atoms with van der Waals surface area (Å²) in [4.78, 5) is 0. The van der Waals surface area contributed by atoms with Crippen molar-refractivity contribution < 1.29 is 0 Å². The molecule has 2 nitrogen and oxygen atoms in total. The normalized spacial score (nSPS) is 26.5. The zero-order valence-electron chi connectivity index (χ0n) is 9.00. The summed E-state index contributed by atoms with van der Waals surface area (Å²) in [6.45, 7) is 4.65. The van der Waals surface area contributed by atoms with Crippen molar-refractivity contribution in [3.05, 3.63) is 35.4 Å². The lowest BCUT2D eigenvalue weighted by atomic mass is 9.90. The van der Waals surface area contributed by atoms with Crippen LogP contribution in [0.15, 0.2) is 24.3 Å². The molecule has 1 aromatic rings. The summed E-state index contributed by atoms with van der Waals surface area (Å²) in [5.74, 6) is 1.51. The van der Waals surface area contributed by atoms with Gasteiger partial charge in [0.15, 0.2) is 0 Å². The first-order valence-electron chi connectivity index (χ1n) is 5.95. The first-order chi connectivity index (χ1) is 7.43. The summed E-state index contributed by atoms with van der Waals surface area (Å²) in [5, 5.41) is 6.74. The Morgan fingerprint density at radius 2 is 1.40 bits per heavy atom. The van der Waals surface area contributed by atoms with Gasteiger partial charge < -0.3 is 10.6 Å². The molecule has 0 amide bonds. The Labute approximate surface area is 91.1 Å². The van der Waals surface area contributed by atoms with E-state index in [1.807, 2.05) is 0 Å². The Bertz CT molecular complexity index is 321. The third-order valence-corrected chi connectivity index (χ3v) is 3.72. The van der Waals surface area contributed by atoms with Crippen LogP contribution in [0.5, 0.6) is 0 Å². The quantitative estimate of drug-likeness (QED) is 0.758. The maximum atomic E-state index is 3.42. The number of hydrogen-bond donors (Lipinski definition) is 2. The van der Waals surface area contributed by atoms with Gasteiger partial charge in [-0.2, -0.15) is 0 Å². The predicted octanol–water partition coefficient (Wildman–Crippen LogP) is 1.45. The molecule has 0 radical (unpaired) electrons. The van der Waals surface area contributed by atoms with E-state index < -0.39 is 0 Å². The molecule has 80 valence electrons. The fraction of sp³-hybridized carbons (Fsp3) is 0.538. The van der Waals surface area contributed by atoms with Crippen molar-refractivity contribution in [3.63, 3.8) is 0 Å². The molecular formula is C13H18N2. The van der Waals surface area contributed by atoms with E-state index in [0.29, 0.717) is 0 Å². The van der Waals surface area contributed by atoms with Gasteiger partial charge in [0.1, 0.15) is 0 Å². The van der Waals surface area contributed by atoms with E-state index in [2.05, 4.69) is 34.9 Å². The smallest absolute Gasteiger partial charge is 0.00885 e. The minimum Gasteiger partial charge on any atom is -0.316 e. The highest BCUT2D eigenvalue weighted by molar-refractivity contribution is 5.30. The van der Waals surface area contributed by atoms with E-state index in [1.54, 1.807) is 0 Å². The van der Waals surface area contributed by atoms with Crippen LogP contribution in [0, 0.1) is 0 Å². The molecule has 2 saturated heterocycles. The topological polar surface area (TPSA) is 24.1 Å². The van der Waals surface area contributed by atoms with Gasteiger partial charge in [-0.15, -0.1) is 0 Å². The van der Waals surface area contributed by atoms with Crippen molar-refractivity contribution in [2.24, 2.45) is 0 Å². The largest absolute Gasteiger partial charge is 0.316 e. The molecule has 0 spiro atoms.